The number of anilines is 1. The van der Waals surface area contributed by atoms with Crippen LogP contribution in [-0.2, 0) is 22.5 Å². The van der Waals surface area contributed by atoms with Crippen molar-refractivity contribution in [3.8, 4) is 11.5 Å². The molecule has 0 spiro atoms. The summed E-state index contributed by atoms with van der Waals surface area (Å²) in [5.74, 6) is 1.68. The third-order valence-electron chi connectivity index (χ3n) is 4.97. The molecule has 1 aliphatic rings. The molecule has 2 unspecified atom stereocenters. The monoisotopic (exact) mass is 422 g/mol. The van der Waals surface area contributed by atoms with Gasteiger partial charge >= 0.3 is 0 Å². The number of morpholine rings is 1. The summed E-state index contributed by atoms with van der Waals surface area (Å²) in [6.45, 7) is 6.21. The number of carbonyl (C=O) groups is 1. The molecule has 1 fully saturated rings. The molecule has 4 rings (SSSR count). The number of carbonyl (C=O) groups excluding carboxylic acids is 1. The van der Waals surface area contributed by atoms with E-state index in [0.717, 1.165) is 24.5 Å². The van der Waals surface area contributed by atoms with Crippen LogP contribution in [0.3, 0.4) is 0 Å². The Bertz CT molecular complexity index is 982. The Balaban J connectivity index is 1.23. The lowest BCUT2D eigenvalue weighted by Crippen LogP contribution is -2.45. The predicted octanol–water partition coefficient (Wildman–Crippen LogP) is 2.39. The van der Waals surface area contributed by atoms with Crippen molar-refractivity contribution in [3.05, 3.63) is 54.2 Å². The minimum atomic E-state index is -0.0857. The van der Waals surface area contributed by atoms with E-state index in [-0.39, 0.29) is 24.5 Å². The maximum Gasteiger partial charge on any atom is 0.227 e. The van der Waals surface area contributed by atoms with Crippen LogP contribution in [0.4, 0.5) is 5.82 Å². The Hall–Kier alpha value is -3.33. The highest BCUT2D eigenvalue weighted by atomic mass is 16.5. The average Bonchev–Trinajstić information content (AvgIpc) is 3.26. The molecule has 4 heterocycles. The van der Waals surface area contributed by atoms with Crippen LogP contribution in [0, 0.1) is 0 Å². The first-order valence-corrected chi connectivity index (χ1v) is 10.4. The molecule has 0 aromatic carbocycles. The summed E-state index contributed by atoms with van der Waals surface area (Å²) in [5.41, 5.74) is 1.58. The highest BCUT2D eigenvalue weighted by Gasteiger charge is 2.23. The van der Waals surface area contributed by atoms with Gasteiger partial charge in [-0.25, -0.2) is 4.98 Å². The summed E-state index contributed by atoms with van der Waals surface area (Å²) < 4.78 is 11.0. The fourth-order valence-electron chi connectivity index (χ4n) is 3.54. The number of aromatic nitrogens is 4. The van der Waals surface area contributed by atoms with Gasteiger partial charge in [-0.1, -0.05) is 17.3 Å². The van der Waals surface area contributed by atoms with Gasteiger partial charge in [-0.2, -0.15) is 4.98 Å². The van der Waals surface area contributed by atoms with E-state index in [9.17, 15) is 4.79 Å². The van der Waals surface area contributed by atoms with Crippen LogP contribution in [-0.4, -0.2) is 51.3 Å². The van der Waals surface area contributed by atoms with Crippen molar-refractivity contribution in [3.63, 3.8) is 0 Å². The summed E-state index contributed by atoms with van der Waals surface area (Å²) in [5, 5.41) is 6.82. The van der Waals surface area contributed by atoms with Gasteiger partial charge in [-0.15, -0.1) is 0 Å². The number of hydrogen-bond acceptors (Lipinski definition) is 8. The van der Waals surface area contributed by atoms with Crippen LogP contribution in [0.1, 0.15) is 31.7 Å². The van der Waals surface area contributed by atoms with Crippen LogP contribution in [0.5, 0.6) is 0 Å². The lowest BCUT2D eigenvalue weighted by atomic mass is 10.2. The molecule has 9 heteroatoms. The Morgan fingerprint density at radius 3 is 2.71 bits per heavy atom. The lowest BCUT2D eigenvalue weighted by Gasteiger charge is -2.36. The van der Waals surface area contributed by atoms with Gasteiger partial charge < -0.3 is 19.5 Å². The maximum absolute atomic E-state index is 12.2. The van der Waals surface area contributed by atoms with Crippen LogP contribution < -0.4 is 10.2 Å². The average molecular weight is 422 g/mol. The van der Waals surface area contributed by atoms with Gasteiger partial charge in [0.15, 0.2) is 0 Å². The van der Waals surface area contributed by atoms with Crippen molar-refractivity contribution in [1.82, 2.24) is 25.4 Å². The second kappa shape index (κ2) is 9.65. The third kappa shape index (κ3) is 5.64. The largest absolute Gasteiger partial charge is 0.372 e. The quantitative estimate of drug-likeness (QED) is 0.619. The first-order valence-electron chi connectivity index (χ1n) is 10.4. The molecular formula is C22H26N6O3. The second-order valence-corrected chi connectivity index (χ2v) is 7.69. The van der Waals surface area contributed by atoms with Crippen molar-refractivity contribution in [1.29, 1.82) is 0 Å². The van der Waals surface area contributed by atoms with Crippen LogP contribution >= 0.6 is 0 Å². The van der Waals surface area contributed by atoms with E-state index in [1.807, 2.05) is 24.3 Å². The van der Waals surface area contributed by atoms with Gasteiger partial charge in [0.2, 0.25) is 17.6 Å². The minimum Gasteiger partial charge on any atom is -0.372 e. The van der Waals surface area contributed by atoms with E-state index in [1.54, 1.807) is 18.5 Å². The molecule has 9 nitrogen and oxygen atoms in total. The van der Waals surface area contributed by atoms with Gasteiger partial charge in [0.25, 0.3) is 0 Å². The molecule has 1 aliphatic heterocycles. The Labute approximate surface area is 180 Å². The summed E-state index contributed by atoms with van der Waals surface area (Å²) in [7, 11) is 0. The summed E-state index contributed by atoms with van der Waals surface area (Å²) in [6.07, 6.45) is 4.47. The molecule has 1 N–H and O–H groups in total. The topological polar surface area (TPSA) is 106 Å². The molecule has 1 saturated heterocycles. The standard InChI is InChI=1S/C22H26N6O3/c1-15-13-28(14-16(2)30-15)19-7-6-17(11-24-19)12-25-20(29)8-9-21-26-22(27-31-21)18-5-3-4-10-23-18/h3-7,10-11,15-16H,8-9,12-14H2,1-2H3,(H,25,29). The zero-order valence-electron chi connectivity index (χ0n) is 17.7. The SMILES string of the molecule is CC1CN(c2ccc(CNC(=O)CCc3nc(-c4ccccn4)no3)cn2)CC(C)O1. The van der Waals surface area contributed by atoms with Crippen LogP contribution in [0.2, 0.25) is 0 Å². The first-order chi connectivity index (χ1) is 15.1. The highest BCUT2D eigenvalue weighted by molar-refractivity contribution is 5.76. The molecule has 3 aromatic rings. The first kappa shape index (κ1) is 20.9. The fraction of sp³-hybridized carbons (Fsp3) is 0.409. The molecule has 3 aromatic heterocycles. The number of aryl methyl sites for hydroxylation is 1. The van der Waals surface area contributed by atoms with Crippen LogP contribution in [0.15, 0.2) is 47.2 Å². The molecule has 0 bridgehead atoms. The normalized spacial score (nSPS) is 18.7. The summed E-state index contributed by atoms with van der Waals surface area (Å²) in [6, 6.07) is 9.46. The van der Waals surface area contributed by atoms with Gasteiger partial charge in [0.05, 0.1) is 12.2 Å². The Morgan fingerprint density at radius 2 is 2.00 bits per heavy atom. The molecule has 0 aliphatic carbocycles. The van der Waals surface area contributed by atoms with E-state index < -0.39 is 0 Å². The van der Waals surface area contributed by atoms with E-state index in [0.29, 0.717) is 30.4 Å². The Morgan fingerprint density at radius 1 is 1.16 bits per heavy atom. The van der Waals surface area contributed by atoms with Crippen molar-refractivity contribution < 1.29 is 14.1 Å². The fourth-order valence-corrected chi connectivity index (χ4v) is 3.54. The zero-order valence-corrected chi connectivity index (χ0v) is 17.7. The third-order valence-corrected chi connectivity index (χ3v) is 4.97. The smallest absolute Gasteiger partial charge is 0.227 e. The van der Waals surface area contributed by atoms with Crippen molar-refractivity contribution in [2.45, 2.75) is 45.4 Å². The van der Waals surface area contributed by atoms with Gasteiger partial charge in [-0.3, -0.25) is 9.78 Å². The summed E-state index contributed by atoms with van der Waals surface area (Å²) >= 11 is 0. The van der Waals surface area contributed by atoms with Gasteiger partial charge in [0, 0.05) is 44.9 Å². The predicted molar refractivity (Wildman–Crippen MR) is 114 cm³/mol. The van der Waals surface area contributed by atoms with E-state index in [1.165, 1.54) is 0 Å². The number of rotatable bonds is 7. The number of nitrogens with one attached hydrogen (secondary N) is 1. The molecule has 0 radical (unpaired) electrons. The van der Waals surface area contributed by atoms with Gasteiger partial charge in [0.1, 0.15) is 11.5 Å². The lowest BCUT2D eigenvalue weighted by molar-refractivity contribution is -0.121. The molecule has 1 amide bonds. The molecular weight excluding hydrogens is 396 g/mol. The number of hydrogen-bond donors (Lipinski definition) is 1. The van der Waals surface area contributed by atoms with Crippen molar-refractivity contribution in [2.24, 2.45) is 0 Å². The van der Waals surface area contributed by atoms with Crippen LogP contribution in [0.25, 0.3) is 11.5 Å². The zero-order chi connectivity index (χ0) is 21.6. The maximum atomic E-state index is 12.2. The number of ether oxygens (including phenoxy) is 1. The number of nitrogens with zero attached hydrogens (tertiary/aromatic N) is 5. The van der Waals surface area contributed by atoms with Crippen molar-refractivity contribution >= 4 is 11.7 Å². The highest BCUT2D eigenvalue weighted by Crippen LogP contribution is 2.18. The van der Waals surface area contributed by atoms with E-state index >= 15 is 0 Å². The Kier molecular flexibility index (Phi) is 6.51. The molecule has 31 heavy (non-hydrogen) atoms. The van der Waals surface area contributed by atoms with Crippen molar-refractivity contribution in [2.75, 3.05) is 18.0 Å². The minimum absolute atomic E-state index is 0.0857. The number of pyridine rings is 2. The van der Waals surface area contributed by atoms with E-state index in [4.69, 9.17) is 9.26 Å². The summed E-state index contributed by atoms with van der Waals surface area (Å²) in [4.78, 5) is 27.5. The number of amides is 1. The second-order valence-electron chi connectivity index (χ2n) is 7.69. The van der Waals surface area contributed by atoms with E-state index in [2.05, 4.69) is 44.2 Å². The molecule has 0 saturated carbocycles. The molecule has 162 valence electrons. The molecule has 2 atom stereocenters. The van der Waals surface area contributed by atoms with Gasteiger partial charge in [-0.05, 0) is 37.6 Å².